The van der Waals surface area contributed by atoms with Gasteiger partial charge < -0.3 is 10.2 Å². The molecule has 2 heterocycles. The molecule has 0 saturated carbocycles. The van der Waals surface area contributed by atoms with Crippen molar-refractivity contribution in [2.75, 3.05) is 20.1 Å². The molecule has 0 aliphatic carbocycles. The predicted octanol–water partition coefficient (Wildman–Crippen LogP) is 3.33. The molecule has 0 atom stereocenters. The number of piperidine rings is 1. The summed E-state index contributed by atoms with van der Waals surface area (Å²) < 4.78 is 27.4. The van der Waals surface area contributed by atoms with E-state index in [4.69, 9.17) is 0 Å². The zero-order valence-electron chi connectivity index (χ0n) is 18.1. The molecule has 7 nitrogen and oxygen atoms in total. The molecule has 168 valence electrons. The van der Waals surface area contributed by atoms with Gasteiger partial charge in [-0.05, 0) is 55.8 Å². The Balaban J connectivity index is 1.66. The van der Waals surface area contributed by atoms with Crippen LogP contribution in [0.1, 0.15) is 58.7 Å². The van der Waals surface area contributed by atoms with E-state index in [2.05, 4.69) is 5.32 Å². The Kier molecular flexibility index (Phi) is 7.51. The monoisotopic (exact) mass is 463 g/mol. The SMILES string of the molecule is CC(C)N(C)C(=O)c1ccc(CNC(=O)c2sccc2S(=O)(=O)N2CCCCC2)cc1. The van der Waals surface area contributed by atoms with Crippen LogP contribution in [0.5, 0.6) is 0 Å². The van der Waals surface area contributed by atoms with Gasteiger partial charge in [-0.3, -0.25) is 9.59 Å². The predicted molar refractivity (Wildman–Crippen MR) is 122 cm³/mol. The molecule has 1 fully saturated rings. The van der Waals surface area contributed by atoms with Crippen LogP contribution in [0.15, 0.2) is 40.6 Å². The number of hydrogen-bond acceptors (Lipinski definition) is 5. The van der Waals surface area contributed by atoms with E-state index in [0.717, 1.165) is 36.2 Å². The smallest absolute Gasteiger partial charge is 0.263 e. The molecule has 0 radical (unpaired) electrons. The molecule has 0 spiro atoms. The summed E-state index contributed by atoms with van der Waals surface area (Å²) in [6.07, 6.45) is 2.72. The van der Waals surface area contributed by atoms with Crippen molar-refractivity contribution >= 4 is 33.2 Å². The van der Waals surface area contributed by atoms with Crippen molar-refractivity contribution in [1.82, 2.24) is 14.5 Å². The average Bonchev–Trinajstić information content (AvgIpc) is 3.28. The maximum Gasteiger partial charge on any atom is 0.263 e. The van der Waals surface area contributed by atoms with Crippen LogP contribution in [0, 0.1) is 0 Å². The Bertz CT molecular complexity index is 1020. The van der Waals surface area contributed by atoms with Gasteiger partial charge in [0.2, 0.25) is 10.0 Å². The molecular formula is C22H29N3O4S2. The molecule has 3 rings (SSSR count). The minimum atomic E-state index is -3.67. The van der Waals surface area contributed by atoms with Gasteiger partial charge in [-0.1, -0.05) is 18.6 Å². The van der Waals surface area contributed by atoms with Crippen molar-refractivity contribution in [2.45, 2.75) is 50.6 Å². The number of benzene rings is 1. The number of nitrogens with one attached hydrogen (secondary N) is 1. The molecule has 1 aromatic carbocycles. The molecule has 1 aliphatic heterocycles. The summed E-state index contributed by atoms with van der Waals surface area (Å²) in [5.41, 5.74) is 1.41. The Morgan fingerprint density at radius 3 is 2.35 bits per heavy atom. The minimum Gasteiger partial charge on any atom is -0.347 e. The highest BCUT2D eigenvalue weighted by molar-refractivity contribution is 7.89. The number of rotatable bonds is 7. The third kappa shape index (κ3) is 5.34. The number of thiophene rings is 1. The van der Waals surface area contributed by atoms with Gasteiger partial charge in [0.15, 0.2) is 0 Å². The number of hydrogen-bond donors (Lipinski definition) is 1. The third-order valence-electron chi connectivity index (χ3n) is 5.52. The minimum absolute atomic E-state index is 0.0586. The number of carbonyl (C=O) groups excluding carboxylic acids is 2. The first-order chi connectivity index (χ1) is 14.7. The second-order valence-electron chi connectivity index (χ2n) is 7.97. The summed E-state index contributed by atoms with van der Waals surface area (Å²) in [7, 11) is -1.91. The zero-order valence-corrected chi connectivity index (χ0v) is 19.8. The zero-order chi connectivity index (χ0) is 22.6. The molecule has 9 heteroatoms. The Morgan fingerprint density at radius 1 is 1.10 bits per heavy atom. The van der Waals surface area contributed by atoms with Crippen LogP contribution >= 0.6 is 11.3 Å². The summed E-state index contributed by atoms with van der Waals surface area (Å²) in [5.74, 6) is -0.470. The largest absolute Gasteiger partial charge is 0.347 e. The van der Waals surface area contributed by atoms with Crippen molar-refractivity contribution in [3.63, 3.8) is 0 Å². The summed E-state index contributed by atoms with van der Waals surface area (Å²) in [6.45, 7) is 5.14. The molecular weight excluding hydrogens is 434 g/mol. The lowest BCUT2D eigenvalue weighted by atomic mass is 10.1. The molecule has 0 bridgehead atoms. The first kappa shape index (κ1) is 23.4. The van der Waals surface area contributed by atoms with Crippen LogP contribution in [-0.2, 0) is 16.6 Å². The lowest BCUT2D eigenvalue weighted by Crippen LogP contribution is -2.36. The maximum absolute atomic E-state index is 13.0. The van der Waals surface area contributed by atoms with Gasteiger partial charge in [-0.2, -0.15) is 4.31 Å². The average molecular weight is 464 g/mol. The topological polar surface area (TPSA) is 86.8 Å². The van der Waals surface area contributed by atoms with E-state index in [1.54, 1.807) is 41.6 Å². The Hall–Kier alpha value is -2.23. The van der Waals surface area contributed by atoms with Crippen LogP contribution in [0.25, 0.3) is 0 Å². The number of nitrogens with zero attached hydrogens (tertiary/aromatic N) is 2. The first-order valence-corrected chi connectivity index (χ1v) is 12.8. The molecule has 2 amide bonds. The van der Waals surface area contributed by atoms with Gasteiger partial charge >= 0.3 is 0 Å². The van der Waals surface area contributed by atoms with Crippen LogP contribution in [0.2, 0.25) is 0 Å². The summed E-state index contributed by atoms with van der Waals surface area (Å²) in [6, 6.07) is 8.67. The molecule has 1 aromatic heterocycles. The number of carbonyl (C=O) groups is 2. The molecule has 1 saturated heterocycles. The van der Waals surface area contributed by atoms with E-state index in [0.29, 0.717) is 18.7 Å². The van der Waals surface area contributed by atoms with Crippen LogP contribution in [0.4, 0.5) is 0 Å². The maximum atomic E-state index is 13.0. The highest BCUT2D eigenvalue weighted by Gasteiger charge is 2.30. The summed E-state index contributed by atoms with van der Waals surface area (Å²) >= 11 is 1.13. The normalized spacial score (nSPS) is 15.1. The highest BCUT2D eigenvalue weighted by Crippen LogP contribution is 2.27. The van der Waals surface area contributed by atoms with Crippen LogP contribution in [0.3, 0.4) is 0 Å². The van der Waals surface area contributed by atoms with E-state index in [-0.39, 0.29) is 28.3 Å². The van der Waals surface area contributed by atoms with Gasteiger partial charge in [0.1, 0.15) is 9.77 Å². The van der Waals surface area contributed by atoms with Gasteiger partial charge in [0, 0.05) is 38.3 Å². The van der Waals surface area contributed by atoms with E-state index in [1.807, 2.05) is 13.8 Å². The summed E-state index contributed by atoms with van der Waals surface area (Å²) in [4.78, 5) is 27.0. The van der Waals surface area contributed by atoms with Crippen molar-refractivity contribution in [2.24, 2.45) is 0 Å². The second-order valence-corrected chi connectivity index (χ2v) is 10.8. The van der Waals surface area contributed by atoms with Crippen LogP contribution in [-0.4, -0.2) is 55.6 Å². The lowest BCUT2D eigenvalue weighted by molar-refractivity contribution is 0.0754. The lowest BCUT2D eigenvalue weighted by Gasteiger charge is -2.25. The molecule has 1 N–H and O–H groups in total. The van der Waals surface area contributed by atoms with Crippen molar-refractivity contribution in [3.05, 3.63) is 51.7 Å². The second kappa shape index (κ2) is 9.93. The molecule has 0 unspecified atom stereocenters. The van der Waals surface area contributed by atoms with Gasteiger partial charge in [0.05, 0.1) is 0 Å². The standard InChI is InChI=1S/C22H29N3O4S2/c1-16(2)24(3)22(27)18-9-7-17(8-10-18)15-23-21(26)20-19(11-14-30-20)31(28,29)25-12-5-4-6-13-25/h7-11,14,16H,4-6,12-13,15H2,1-3H3,(H,23,26). The molecule has 1 aliphatic rings. The van der Waals surface area contributed by atoms with Crippen molar-refractivity contribution in [1.29, 1.82) is 0 Å². The quantitative estimate of drug-likeness (QED) is 0.682. The van der Waals surface area contributed by atoms with Gasteiger partial charge in [-0.25, -0.2) is 8.42 Å². The van der Waals surface area contributed by atoms with Gasteiger partial charge in [-0.15, -0.1) is 11.3 Å². The van der Waals surface area contributed by atoms with Gasteiger partial charge in [0.25, 0.3) is 11.8 Å². The third-order valence-corrected chi connectivity index (χ3v) is 8.50. The Morgan fingerprint density at radius 2 is 1.74 bits per heavy atom. The fourth-order valence-electron chi connectivity index (χ4n) is 3.38. The van der Waals surface area contributed by atoms with Crippen molar-refractivity contribution < 1.29 is 18.0 Å². The number of sulfonamides is 1. The van der Waals surface area contributed by atoms with E-state index in [1.165, 1.54) is 10.4 Å². The number of amides is 2. The van der Waals surface area contributed by atoms with E-state index in [9.17, 15) is 18.0 Å². The highest BCUT2D eigenvalue weighted by atomic mass is 32.2. The first-order valence-electron chi connectivity index (χ1n) is 10.4. The summed E-state index contributed by atoms with van der Waals surface area (Å²) in [5, 5.41) is 4.44. The van der Waals surface area contributed by atoms with E-state index < -0.39 is 15.9 Å². The molecule has 2 aromatic rings. The van der Waals surface area contributed by atoms with Crippen LogP contribution < -0.4 is 5.32 Å². The fourth-order valence-corrected chi connectivity index (χ4v) is 6.21. The Labute approximate surface area is 188 Å². The van der Waals surface area contributed by atoms with E-state index >= 15 is 0 Å². The van der Waals surface area contributed by atoms with Crippen molar-refractivity contribution in [3.8, 4) is 0 Å². The molecule has 31 heavy (non-hydrogen) atoms. The fraction of sp³-hybridized carbons (Fsp3) is 0.455.